The molecular formula is C32H56N2O5. The SMILES string of the molecule is COCCCOc1cc(C[C@@H](C[C@H](N)[C@@H](O)C[C@H](C(=O)CC2CCN(C)CC2)C(C)C)C(C)C)ccc1OC. The molecule has 1 fully saturated rings. The van der Waals surface area contributed by atoms with E-state index in [4.69, 9.17) is 19.9 Å². The van der Waals surface area contributed by atoms with Gasteiger partial charge < -0.3 is 30.0 Å². The molecule has 0 bridgehead atoms. The Morgan fingerprint density at radius 1 is 1.05 bits per heavy atom. The number of likely N-dealkylation sites (tertiary alicyclic amines) is 1. The van der Waals surface area contributed by atoms with Gasteiger partial charge in [-0.15, -0.1) is 0 Å². The van der Waals surface area contributed by atoms with Crippen LogP contribution in [0.1, 0.15) is 71.8 Å². The molecule has 1 aromatic rings. The lowest BCUT2D eigenvalue weighted by Gasteiger charge is -2.32. The molecule has 0 spiro atoms. The Labute approximate surface area is 237 Å². The Morgan fingerprint density at radius 3 is 2.33 bits per heavy atom. The Bertz CT molecular complexity index is 838. The summed E-state index contributed by atoms with van der Waals surface area (Å²) in [5.74, 6) is 2.93. The lowest BCUT2D eigenvalue weighted by molar-refractivity contribution is -0.126. The first-order valence-corrected chi connectivity index (χ1v) is 15.0. The van der Waals surface area contributed by atoms with Crippen LogP contribution in [0.25, 0.3) is 0 Å². The molecule has 0 radical (unpaired) electrons. The minimum Gasteiger partial charge on any atom is -0.493 e. The number of carbonyl (C=O) groups excluding carboxylic acids is 1. The van der Waals surface area contributed by atoms with Gasteiger partial charge in [0, 0.05) is 38.5 Å². The molecule has 224 valence electrons. The third kappa shape index (κ3) is 11.4. The van der Waals surface area contributed by atoms with Gasteiger partial charge in [-0.1, -0.05) is 33.8 Å². The van der Waals surface area contributed by atoms with Crippen LogP contribution in [0.5, 0.6) is 11.5 Å². The van der Waals surface area contributed by atoms with E-state index in [-0.39, 0.29) is 23.8 Å². The zero-order chi connectivity index (χ0) is 28.9. The van der Waals surface area contributed by atoms with E-state index < -0.39 is 6.10 Å². The number of nitrogens with zero attached hydrogens (tertiary/aromatic N) is 1. The van der Waals surface area contributed by atoms with Crippen molar-refractivity contribution in [2.75, 3.05) is 47.6 Å². The van der Waals surface area contributed by atoms with Crippen molar-refractivity contribution >= 4 is 5.78 Å². The van der Waals surface area contributed by atoms with Gasteiger partial charge in [-0.05, 0) is 93.6 Å². The van der Waals surface area contributed by atoms with Gasteiger partial charge in [0.25, 0.3) is 0 Å². The molecule has 3 N–H and O–H groups in total. The van der Waals surface area contributed by atoms with Gasteiger partial charge in [-0.3, -0.25) is 4.79 Å². The minimum atomic E-state index is -0.698. The van der Waals surface area contributed by atoms with Crippen LogP contribution in [0.2, 0.25) is 0 Å². The molecule has 1 aromatic carbocycles. The van der Waals surface area contributed by atoms with E-state index in [9.17, 15) is 9.90 Å². The highest BCUT2D eigenvalue weighted by Gasteiger charge is 2.31. The van der Waals surface area contributed by atoms with Gasteiger partial charge in [-0.25, -0.2) is 0 Å². The maximum absolute atomic E-state index is 13.3. The van der Waals surface area contributed by atoms with E-state index in [2.05, 4.69) is 51.8 Å². The number of benzene rings is 1. The van der Waals surface area contributed by atoms with Crippen LogP contribution in [-0.2, 0) is 16.0 Å². The highest BCUT2D eigenvalue weighted by Crippen LogP contribution is 2.32. The van der Waals surface area contributed by atoms with Crippen LogP contribution < -0.4 is 15.2 Å². The number of ketones is 1. The third-order valence-electron chi connectivity index (χ3n) is 8.53. The number of hydrogen-bond donors (Lipinski definition) is 2. The molecule has 0 aliphatic carbocycles. The van der Waals surface area contributed by atoms with Gasteiger partial charge in [0.05, 0.1) is 19.8 Å². The van der Waals surface area contributed by atoms with Gasteiger partial charge in [0.15, 0.2) is 11.5 Å². The summed E-state index contributed by atoms with van der Waals surface area (Å²) in [6.07, 6.45) is 4.87. The van der Waals surface area contributed by atoms with Crippen LogP contribution in [0.15, 0.2) is 18.2 Å². The molecule has 2 rings (SSSR count). The Balaban J connectivity index is 1.99. The Hall–Kier alpha value is -1.67. The normalized spacial score (nSPS) is 18.2. The molecule has 0 unspecified atom stereocenters. The molecule has 4 atom stereocenters. The van der Waals surface area contributed by atoms with Crippen LogP contribution >= 0.6 is 0 Å². The first-order valence-electron chi connectivity index (χ1n) is 15.0. The molecule has 7 nitrogen and oxygen atoms in total. The maximum atomic E-state index is 13.3. The number of methoxy groups -OCH3 is 2. The number of piperidine rings is 1. The summed E-state index contributed by atoms with van der Waals surface area (Å²) in [7, 11) is 5.48. The predicted molar refractivity (Wildman–Crippen MR) is 158 cm³/mol. The smallest absolute Gasteiger partial charge is 0.161 e. The van der Waals surface area contributed by atoms with Crippen molar-refractivity contribution in [2.45, 2.75) is 84.8 Å². The van der Waals surface area contributed by atoms with Crippen LogP contribution in [0.3, 0.4) is 0 Å². The summed E-state index contributed by atoms with van der Waals surface area (Å²) in [6, 6.07) is 5.71. The maximum Gasteiger partial charge on any atom is 0.161 e. The average Bonchev–Trinajstić information content (AvgIpc) is 2.90. The lowest BCUT2D eigenvalue weighted by atomic mass is 9.78. The van der Waals surface area contributed by atoms with Crippen LogP contribution in [0.4, 0.5) is 0 Å². The summed E-state index contributed by atoms with van der Waals surface area (Å²) in [5, 5.41) is 11.1. The summed E-state index contributed by atoms with van der Waals surface area (Å²) in [4.78, 5) is 15.6. The fraction of sp³-hybridized carbons (Fsp3) is 0.781. The van der Waals surface area contributed by atoms with Gasteiger partial charge >= 0.3 is 0 Å². The molecule has 0 aromatic heterocycles. The summed E-state index contributed by atoms with van der Waals surface area (Å²) < 4.78 is 16.6. The zero-order valence-corrected chi connectivity index (χ0v) is 25.7. The molecule has 39 heavy (non-hydrogen) atoms. The molecule has 1 saturated heterocycles. The van der Waals surface area contributed by atoms with Crippen molar-refractivity contribution in [3.63, 3.8) is 0 Å². The van der Waals surface area contributed by atoms with Gasteiger partial charge in [0.2, 0.25) is 0 Å². The monoisotopic (exact) mass is 548 g/mol. The predicted octanol–water partition coefficient (Wildman–Crippen LogP) is 4.97. The molecule has 1 aliphatic rings. The summed E-state index contributed by atoms with van der Waals surface area (Å²) in [6.45, 7) is 11.9. The first kappa shape index (κ1) is 33.5. The van der Waals surface area contributed by atoms with Crippen molar-refractivity contribution in [3.8, 4) is 11.5 Å². The van der Waals surface area contributed by atoms with Crippen molar-refractivity contribution in [1.82, 2.24) is 4.90 Å². The minimum absolute atomic E-state index is 0.150. The number of Topliss-reactive ketones (excluding diaryl/α,β-unsaturated/α-hetero) is 1. The number of nitrogens with two attached hydrogens (primary N) is 1. The Kier molecular flexibility index (Phi) is 14.8. The third-order valence-corrected chi connectivity index (χ3v) is 8.53. The topological polar surface area (TPSA) is 94.2 Å². The van der Waals surface area contributed by atoms with Crippen LogP contribution in [-0.4, -0.2) is 75.5 Å². The van der Waals surface area contributed by atoms with Crippen molar-refractivity contribution in [3.05, 3.63) is 23.8 Å². The number of carbonyl (C=O) groups is 1. The number of aliphatic hydroxyl groups excluding tert-OH is 1. The first-order chi connectivity index (χ1) is 18.5. The summed E-state index contributed by atoms with van der Waals surface area (Å²) in [5.41, 5.74) is 7.76. The molecule has 1 heterocycles. The standard InChI is InChI=1S/C32H56N2O5/c1-22(2)26(17-25-9-10-31(38-7)32(19-25)39-16-8-15-37-6)20-28(33)30(36)21-27(23(3)4)29(35)18-24-11-13-34(5)14-12-24/h9-10,19,22-24,26-28,30,36H,8,11-18,20-21,33H2,1-7H3/t26-,27-,28-,30-/m0/s1. The largest absolute Gasteiger partial charge is 0.493 e. The number of aliphatic hydroxyl groups is 1. The fourth-order valence-electron chi connectivity index (χ4n) is 5.66. The van der Waals surface area contributed by atoms with Crippen molar-refractivity contribution in [1.29, 1.82) is 0 Å². The van der Waals surface area contributed by atoms with Crippen molar-refractivity contribution < 1.29 is 24.1 Å². The second-order valence-electron chi connectivity index (χ2n) is 12.4. The lowest BCUT2D eigenvalue weighted by Crippen LogP contribution is -2.41. The second-order valence-corrected chi connectivity index (χ2v) is 12.4. The molecule has 1 aliphatic heterocycles. The Morgan fingerprint density at radius 2 is 1.74 bits per heavy atom. The number of ether oxygens (including phenoxy) is 3. The van der Waals surface area contributed by atoms with E-state index in [0.717, 1.165) is 50.1 Å². The molecule has 7 heteroatoms. The highest BCUT2D eigenvalue weighted by atomic mass is 16.5. The van der Waals surface area contributed by atoms with E-state index in [1.165, 1.54) is 0 Å². The molecule has 0 saturated carbocycles. The van der Waals surface area contributed by atoms with Crippen LogP contribution in [0, 0.1) is 29.6 Å². The van der Waals surface area contributed by atoms with Gasteiger partial charge in [0.1, 0.15) is 5.78 Å². The van der Waals surface area contributed by atoms with Gasteiger partial charge in [-0.2, -0.15) is 0 Å². The highest BCUT2D eigenvalue weighted by molar-refractivity contribution is 5.81. The van der Waals surface area contributed by atoms with Crippen molar-refractivity contribution in [2.24, 2.45) is 35.3 Å². The number of rotatable bonds is 18. The fourth-order valence-corrected chi connectivity index (χ4v) is 5.66. The van der Waals surface area contributed by atoms with E-state index in [0.29, 0.717) is 55.8 Å². The second kappa shape index (κ2) is 17.2. The quantitative estimate of drug-likeness (QED) is 0.250. The number of hydrogen-bond acceptors (Lipinski definition) is 7. The average molecular weight is 549 g/mol. The molecule has 0 amide bonds. The molecular weight excluding hydrogens is 492 g/mol. The van der Waals surface area contributed by atoms with E-state index in [1.54, 1.807) is 14.2 Å². The van der Waals surface area contributed by atoms with E-state index >= 15 is 0 Å². The summed E-state index contributed by atoms with van der Waals surface area (Å²) >= 11 is 0. The van der Waals surface area contributed by atoms with E-state index in [1.807, 2.05) is 6.07 Å². The zero-order valence-electron chi connectivity index (χ0n) is 25.7.